The lowest BCUT2D eigenvalue weighted by atomic mass is 10.0. The SMILES string of the molecule is CS(=O)(=O)CCNC(=O)c1cc2cc(-c3ccc(CC(=O)Nc4cc(C5(C(F)(F)F)CC5)on4)c(F)c3)cnc2[nH]1. The minimum Gasteiger partial charge on any atom is -0.358 e. The normalized spacial score (nSPS) is 14.7. The summed E-state index contributed by atoms with van der Waals surface area (Å²) in [5.41, 5.74) is -0.469. The number of rotatable bonds is 9. The Hall–Kier alpha value is -4.27. The lowest BCUT2D eigenvalue weighted by Gasteiger charge is -2.14. The Morgan fingerprint density at radius 3 is 2.54 bits per heavy atom. The number of sulfone groups is 1. The number of amides is 2. The molecule has 216 valence electrons. The quantitative estimate of drug-likeness (QED) is 0.249. The van der Waals surface area contributed by atoms with Crippen molar-refractivity contribution in [2.24, 2.45) is 0 Å². The summed E-state index contributed by atoms with van der Waals surface area (Å²) in [4.78, 5) is 31.9. The van der Waals surface area contributed by atoms with E-state index >= 15 is 0 Å². The highest BCUT2D eigenvalue weighted by Crippen LogP contribution is 2.59. The largest absolute Gasteiger partial charge is 0.401 e. The molecule has 4 aromatic rings. The van der Waals surface area contributed by atoms with Gasteiger partial charge in [-0.1, -0.05) is 17.3 Å². The maximum Gasteiger partial charge on any atom is 0.401 e. The molecule has 3 heterocycles. The van der Waals surface area contributed by atoms with Crippen LogP contribution in [0.1, 0.15) is 34.7 Å². The number of carbonyl (C=O) groups excluding carboxylic acids is 2. The van der Waals surface area contributed by atoms with Crippen molar-refractivity contribution < 1.29 is 40.1 Å². The van der Waals surface area contributed by atoms with Gasteiger partial charge >= 0.3 is 6.18 Å². The van der Waals surface area contributed by atoms with Crippen molar-refractivity contribution in [3.63, 3.8) is 0 Å². The van der Waals surface area contributed by atoms with Crippen LogP contribution in [0.2, 0.25) is 0 Å². The van der Waals surface area contributed by atoms with E-state index in [2.05, 4.69) is 25.8 Å². The van der Waals surface area contributed by atoms with Gasteiger partial charge in [0.05, 0.1) is 12.2 Å². The maximum absolute atomic E-state index is 14.9. The highest BCUT2D eigenvalue weighted by atomic mass is 32.2. The zero-order valence-electron chi connectivity index (χ0n) is 21.4. The molecule has 3 N–H and O–H groups in total. The van der Waals surface area contributed by atoms with Gasteiger partial charge in [-0.3, -0.25) is 9.59 Å². The first-order chi connectivity index (χ1) is 19.2. The molecular formula is C26H23F4N5O5S. The second kappa shape index (κ2) is 10.3. The third-order valence-electron chi connectivity index (χ3n) is 6.75. The second-order valence-electron chi connectivity index (χ2n) is 9.92. The number of hydrogen-bond acceptors (Lipinski definition) is 7. The smallest absolute Gasteiger partial charge is 0.358 e. The Kier molecular flexibility index (Phi) is 7.09. The van der Waals surface area contributed by atoms with E-state index in [0.717, 1.165) is 12.3 Å². The van der Waals surface area contributed by atoms with Crippen molar-refractivity contribution >= 4 is 38.5 Å². The number of anilines is 1. The highest BCUT2D eigenvalue weighted by molar-refractivity contribution is 7.90. The average molecular weight is 594 g/mol. The molecule has 0 radical (unpaired) electrons. The standard InChI is InChI=1S/C26H23F4N5O5S/c1-41(38,39)7-6-31-24(37)19-10-16-8-17(13-32-23(16)33-19)14-2-3-15(18(27)9-14)11-22(36)34-21-12-20(40-35-21)25(4-5-25)26(28,29)30/h2-3,8-10,12-13H,4-7,11H2,1H3,(H,31,37)(H,32,33)(H,34,35,36). The molecule has 1 fully saturated rings. The van der Waals surface area contributed by atoms with Gasteiger partial charge in [0, 0.05) is 36.0 Å². The van der Waals surface area contributed by atoms with Gasteiger partial charge in [0.25, 0.3) is 5.91 Å². The topological polar surface area (TPSA) is 147 Å². The van der Waals surface area contributed by atoms with Crippen LogP contribution in [-0.2, 0) is 26.5 Å². The molecule has 0 atom stereocenters. The molecule has 41 heavy (non-hydrogen) atoms. The first kappa shape index (κ1) is 28.3. The van der Waals surface area contributed by atoms with Gasteiger partial charge in [-0.15, -0.1) is 0 Å². The molecule has 2 amide bonds. The fourth-order valence-electron chi connectivity index (χ4n) is 4.33. The number of fused-ring (bicyclic) bond motifs is 1. The number of pyridine rings is 1. The molecule has 0 bridgehead atoms. The Labute approximate surface area is 230 Å². The van der Waals surface area contributed by atoms with E-state index in [9.17, 15) is 35.6 Å². The molecule has 1 aromatic carbocycles. The Bertz CT molecular complexity index is 1760. The number of benzene rings is 1. The summed E-state index contributed by atoms with van der Waals surface area (Å²) >= 11 is 0. The molecule has 1 aliphatic rings. The number of carbonyl (C=O) groups is 2. The van der Waals surface area contributed by atoms with Crippen molar-refractivity contribution in [1.82, 2.24) is 20.4 Å². The van der Waals surface area contributed by atoms with Crippen LogP contribution in [0.3, 0.4) is 0 Å². The molecule has 0 aliphatic heterocycles. The minimum atomic E-state index is -4.49. The van der Waals surface area contributed by atoms with E-state index in [1.54, 1.807) is 12.1 Å². The van der Waals surface area contributed by atoms with Gasteiger partial charge in [0.2, 0.25) is 5.91 Å². The van der Waals surface area contributed by atoms with Gasteiger partial charge in [0.15, 0.2) is 11.6 Å². The fourth-order valence-corrected chi connectivity index (χ4v) is 4.80. The predicted molar refractivity (Wildman–Crippen MR) is 139 cm³/mol. The Morgan fingerprint density at radius 1 is 1.12 bits per heavy atom. The molecule has 0 unspecified atom stereocenters. The van der Waals surface area contributed by atoms with Crippen LogP contribution in [0.4, 0.5) is 23.4 Å². The Morgan fingerprint density at radius 2 is 1.88 bits per heavy atom. The van der Waals surface area contributed by atoms with Gasteiger partial charge in [-0.25, -0.2) is 17.8 Å². The predicted octanol–water partition coefficient (Wildman–Crippen LogP) is 3.91. The number of hydrogen-bond donors (Lipinski definition) is 3. The molecule has 1 aliphatic carbocycles. The Balaban J connectivity index is 1.24. The van der Waals surface area contributed by atoms with Crippen LogP contribution >= 0.6 is 0 Å². The van der Waals surface area contributed by atoms with Gasteiger partial charge in [0.1, 0.15) is 32.4 Å². The fraction of sp³-hybridized carbons (Fsp3) is 0.308. The van der Waals surface area contributed by atoms with Crippen LogP contribution in [0.25, 0.3) is 22.2 Å². The summed E-state index contributed by atoms with van der Waals surface area (Å²) in [6, 6.07) is 8.45. The summed E-state index contributed by atoms with van der Waals surface area (Å²) in [6.45, 7) is -0.0479. The molecular weight excluding hydrogens is 570 g/mol. The number of nitrogens with one attached hydrogen (secondary N) is 3. The first-order valence-electron chi connectivity index (χ1n) is 12.3. The van der Waals surface area contributed by atoms with Crippen molar-refractivity contribution in [2.75, 3.05) is 23.9 Å². The summed E-state index contributed by atoms with van der Waals surface area (Å²) < 4.78 is 82.0. The van der Waals surface area contributed by atoms with E-state index in [1.165, 1.54) is 24.4 Å². The van der Waals surface area contributed by atoms with Crippen LogP contribution < -0.4 is 10.6 Å². The van der Waals surface area contributed by atoms with E-state index in [0.29, 0.717) is 22.2 Å². The maximum atomic E-state index is 14.9. The zero-order chi connectivity index (χ0) is 29.6. The van der Waals surface area contributed by atoms with Gasteiger partial charge < -0.3 is 20.1 Å². The number of alkyl halides is 3. The second-order valence-corrected chi connectivity index (χ2v) is 12.2. The van der Waals surface area contributed by atoms with Gasteiger partial charge in [-0.2, -0.15) is 13.2 Å². The molecule has 0 spiro atoms. The number of aromatic amines is 1. The third kappa shape index (κ3) is 6.09. The number of aromatic nitrogens is 3. The van der Waals surface area contributed by atoms with E-state index in [-0.39, 0.29) is 48.0 Å². The van der Waals surface area contributed by atoms with E-state index in [1.807, 2.05) is 0 Å². The average Bonchev–Trinajstić information content (AvgIpc) is 3.40. The molecule has 10 nitrogen and oxygen atoms in total. The molecule has 3 aromatic heterocycles. The first-order valence-corrected chi connectivity index (χ1v) is 14.4. The summed E-state index contributed by atoms with van der Waals surface area (Å²) in [6.07, 6.45) is -2.58. The lowest BCUT2D eigenvalue weighted by molar-refractivity contribution is -0.165. The van der Waals surface area contributed by atoms with Crippen LogP contribution in [-0.4, -0.2) is 60.1 Å². The highest BCUT2D eigenvalue weighted by Gasteiger charge is 2.66. The third-order valence-corrected chi connectivity index (χ3v) is 7.70. The summed E-state index contributed by atoms with van der Waals surface area (Å²) in [5, 5.41) is 8.90. The van der Waals surface area contributed by atoms with E-state index in [4.69, 9.17) is 4.52 Å². The number of nitrogens with zero attached hydrogens (tertiary/aromatic N) is 2. The van der Waals surface area contributed by atoms with Gasteiger partial charge in [-0.05, 0) is 42.2 Å². The van der Waals surface area contributed by atoms with Crippen LogP contribution in [0, 0.1) is 5.82 Å². The summed E-state index contributed by atoms with van der Waals surface area (Å²) in [7, 11) is -3.23. The van der Waals surface area contributed by atoms with Crippen molar-refractivity contribution in [1.29, 1.82) is 0 Å². The van der Waals surface area contributed by atoms with Crippen LogP contribution in [0.15, 0.2) is 47.1 Å². The molecule has 15 heteroatoms. The zero-order valence-corrected chi connectivity index (χ0v) is 22.2. The van der Waals surface area contributed by atoms with E-state index < -0.39 is 45.5 Å². The lowest BCUT2D eigenvalue weighted by Crippen LogP contribution is -2.28. The van der Waals surface area contributed by atoms with Crippen molar-refractivity contribution in [3.05, 3.63) is 65.4 Å². The minimum absolute atomic E-state index is 0.0479. The molecule has 0 saturated heterocycles. The monoisotopic (exact) mass is 593 g/mol. The number of halogens is 4. The molecule has 1 saturated carbocycles. The van der Waals surface area contributed by atoms with Crippen molar-refractivity contribution in [3.8, 4) is 11.1 Å². The molecule has 5 rings (SSSR count). The van der Waals surface area contributed by atoms with Crippen molar-refractivity contribution in [2.45, 2.75) is 30.9 Å². The summed E-state index contributed by atoms with van der Waals surface area (Å²) in [5.74, 6) is -2.64. The number of H-pyrrole nitrogens is 1. The van der Waals surface area contributed by atoms with Crippen LogP contribution in [0.5, 0.6) is 0 Å².